The summed E-state index contributed by atoms with van der Waals surface area (Å²) in [6.07, 6.45) is -4.41. The highest BCUT2D eigenvalue weighted by Gasteiger charge is 2.48. The smallest absolute Gasteiger partial charge is 0.471 e. The highest BCUT2D eigenvalue weighted by atomic mass is 19.4. The number of aromatic hydroxyl groups is 1. The fraction of sp³-hybridized carbons (Fsp3) is 0.462. The number of alkyl halides is 3. The molecule has 1 aliphatic heterocycles. The Bertz CT molecular complexity index is 674. The van der Waals surface area contributed by atoms with Gasteiger partial charge in [-0.2, -0.15) is 13.2 Å². The number of carbonyl (C=O) groups excluding carboxylic acids is 1. The standard InChI is InChI=1S/C13H11F3N2O4/c14-13(15,16)12(20)17-4-6-1-7(5-17)9-3-11(19)10(18(21)22)2-8(6)9/h2-3,6-7,19H,1,4-5H2. The van der Waals surface area contributed by atoms with Crippen molar-refractivity contribution in [3.05, 3.63) is 33.4 Å². The van der Waals surface area contributed by atoms with Gasteiger partial charge >= 0.3 is 17.8 Å². The van der Waals surface area contributed by atoms with Gasteiger partial charge in [0.1, 0.15) is 0 Å². The molecule has 118 valence electrons. The zero-order chi connectivity index (χ0) is 16.2. The van der Waals surface area contributed by atoms with E-state index in [2.05, 4.69) is 0 Å². The monoisotopic (exact) mass is 316 g/mol. The quantitative estimate of drug-likeness (QED) is 0.636. The van der Waals surface area contributed by atoms with E-state index in [4.69, 9.17) is 0 Å². The van der Waals surface area contributed by atoms with E-state index in [1.54, 1.807) is 0 Å². The first-order chi connectivity index (χ1) is 10.2. The van der Waals surface area contributed by atoms with Crippen LogP contribution in [0.2, 0.25) is 0 Å². The predicted octanol–water partition coefficient (Wildman–Crippen LogP) is 2.28. The topological polar surface area (TPSA) is 83.7 Å². The number of phenols is 1. The summed E-state index contributed by atoms with van der Waals surface area (Å²) < 4.78 is 37.7. The molecule has 2 aliphatic rings. The van der Waals surface area contributed by atoms with E-state index in [1.807, 2.05) is 0 Å². The van der Waals surface area contributed by atoms with Crippen LogP contribution in [0.5, 0.6) is 5.75 Å². The minimum Gasteiger partial charge on any atom is -0.502 e. The molecule has 1 N–H and O–H groups in total. The van der Waals surface area contributed by atoms with Gasteiger partial charge in [-0.25, -0.2) is 0 Å². The predicted molar refractivity (Wildman–Crippen MR) is 67.5 cm³/mol. The van der Waals surface area contributed by atoms with Gasteiger partial charge in [0.25, 0.3) is 0 Å². The molecule has 1 aliphatic carbocycles. The molecule has 1 aromatic carbocycles. The highest BCUT2D eigenvalue weighted by Crippen LogP contribution is 2.49. The number of nitrogens with zero attached hydrogens (tertiary/aromatic N) is 2. The summed E-state index contributed by atoms with van der Waals surface area (Å²) in [6, 6.07) is 2.44. The number of benzene rings is 1. The Kier molecular flexibility index (Phi) is 3.05. The molecule has 22 heavy (non-hydrogen) atoms. The second kappa shape index (κ2) is 4.59. The minimum atomic E-state index is -4.93. The maximum absolute atomic E-state index is 12.6. The van der Waals surface area contributed by atoms with Crippen LogP contribution in [0, 0.1) is 10.1 Å². The van der Waals surface area contributed by atoms with Gasteiger partial charge in [0.2, 0.25) is 0 Å². The Hall–Kier alpha value is -2.32. The van der Waals surface area contributed by atoms with Crippen molar-refractivity contribution < 1.29 is 28.0 Å². The summed E-state index contributed by atoms with van der Waals surface area (Å²) >= 11 is 0. The summed E-state index contributed by atoms with van der Waals surface area (Å²) in [5.74, 6) is -3.12. The Morgan fingerprint density at radius 3 is 2.32 bits per heavy atom. The molecular weight excluding hydrogens is 305 g/mol. The van der Waals surface area contributed by atoms with Gasteiger partial charge in [0, 0.05) is 31.0 Å². The first-order valence-electron chi connectivity index (χ1n) is 6.55. The Labute approximate surface area is 122 Å². The number of carbonyl (C=O) groups is 1. The van der Waals surface area contributed by atoms with E-state index in [0.717, 1.165) is 4.90 Å². The largest absolute Gasteiger partial charge is 0.502 e. The summed E-state index contributed by atoms with van der Waals surface area (Å²) in [5, 5.41) is 20.5. The van der Waals surface area contributed by atoms with Crippen LogP contribution in [0.4, 0.5) is 18.9 Å². The molecule has 1 fully saturated rings. The summed E-state index contributed by atoms with van der Waals surface area (Å²) in [7, 11) is 0. The van der Waals surface area contributed by atoms with Crippen molar-refractivity contribution in [3.8, 4) is 5.75 Å². The average molecular weight is 316 g/mol. The number of piperidine rings is 1. The fourth-order valence-electron chi connectivity index (χ4n) is 3.36. The maximum Gasteiger partial charge on any atom is 0.471 e. The molecule has 0 radical (unpaired) electrons. The molecule has 2 atom stereocenters. The van der Waals surface area contributed by atoms with Crippen molar-refractivity contribution in [1.82, 2.24) is 4.90 Å². The van der Waals surface area contributed by atoms with Gasteiger partial charge in [-0.15, -0.1) is 0 Å². The molecule has 0 aromatic heterocycles. The van der Waals surface area contributed by atoms with Gasteiger partial charge in [0.15, 0.2) is 5.75 Å². The Morgan fingerprint density at radius 2 is 1.82 bits per heavy atom. The molecule has 9 heteroatoms. The number of hydrogen-bond acceptors (Lipinski definition) is 4. The van der Waals surface area contributed by atoms with Crippen molar-refractivity contribution >= 4 is 11.6 Å². The second-order valence-corrected chi connectivity index (χ2v) is 5.56. The number of nitro groups is 1. The number of fused-ring (bicyclic) bond motifs is 5. The van der Waals surface area contributed by atoms with Crippen molar-refractivity contribution in [2.24, 2.45) is 0 Å². The van der Waals surface area contributed by atoms with Crippen molar-refractivity contribution in [3.63, 3.8) is 0 Å². The number of nitro benzene ring substituents is 1. The van der Waals surface area contributed by atoms with Crippen LogP contribution >= 0.6 is 0 Å². The fourth-order valence-corrected chi connectivity index (χ4v) is 3.36. The van der Waals surface area contributed by atoms with E-state index >= 15 is 0 Å². The summed E-state index contributed by atoms with van der Waals surface area (Å²) in [6.45, 7) is -0.219. The molecular formula is C13H11F3N2O4. The summed E-state index contributed by atoms with van der Waals surface area (Å²) in [5.41, 5.74) is 0.664. The van der Waals surface area contributed by atoms with Gasteiger partial charge < -0.3 is 10.0 Å². The number of phenolic OH excluding ortho intramolecular Hbond substituents is 1. The first-order valence-corrected chi connectivity index (χ1v) is 6.55. The van der Waals surface area contributed by atoms with Gasteiger partial charge in [-0.05, 0) is 23.6 Å². The third kappa shape index (κ3) is 2.16. The maximum atomic E-state index is 12.6. The normalized spacial score (nSPS) is 23.3. The van der Waals surface area contributed by atoms with Crippen LogP contribution in [-0.2, 0) is 4.79 Å². The van der Waals surface area contributed by atoms with Gasteiger partial charge in [0.05, 0.1) is 4.92 Å². The van der Waals surface area contributed by atoms with Crippen LogP contribution in [0.25, 0.3) is 0 Å². The molecule has 6 nitrogen and oxygen atoms in total. The molecule has 1 saturated heterocycles. The highest BCUT2D eigenvalue weighted by molar-refractivity contribution is 5.82. The number of amides is 1. The van der Waals surface area contributed by atoms with Crippen LogP contribution in [0.3, 0.4) is 0 Å². The lowest BCUT2D eigenvalue weighted by Crippen LogP contribution is -2.46. The van der Waals surface area contributed by atoms with Crippen molar-refractivity contribution in [1.29, 1.82) is 0 Å². The summed E-state index contributed by atoms with van der Waals surface area (Å²) in [4.78, 5) is 22.2. The first kappa shape index (κ1) is 14.6. The zero-order valence-corrected chi connectivity index (χ0v) is 11.1. The Balaban J connectivity index is 1.95. The average Bonchev–Trinajstić information content (AvgIpc) is 2.66. The molecule has 3 rings (SSSR count). The van der Waals surface area contributed by atoms with Crippen LogP contribution in [0.1, 0.15) is 29.4 Å². The van der Waals surface area contributed by atoms with Crippen LogP contribution in [0.15, 0.2) is 12.1 Å². The number of halogens is 3. The lowest BCUT2D eigenvalue weighted by atomic mass is 9.95. The van der Waals surface area contributed by atoms with Crippen LogP contribution in [-0.4, -0.2) is 40.1 Å². The lowest BCUT2D eigenvalue weighted by molar-refractivity contribution is -0.385. The molecule has 1 aromatic rings. The third-order valence-corrected chi connectivity index (χ3v) is 4.24. The molecule has 2 bridgehead atoms. The third-order valence-electron chi connectivity index (χ3n) is 4.24. The number of rotatable bonds is 1. The number of likely N-dealkylation sites (tertiary alicyclic amines) is 1. The van der Waals surface area contributed by atoms with E-state index in [1.165, 1.54) is 12.1 Å². The number of hydrogen-bond donors (Lipinski definition) is 1. The van der Waals surface area contributed by atoms with E-state index in [9.17, 15) is 33.2 Å². The Morgan fingerprint density at radius 1 is 1.27 bits per heavy atom. The lowest BCUT2D eigenvalue weighted by Gasteiger charge is -2.32. The molecule has 2 unspecified atom stereocenters. The van der Waals surface area contributed by atoms with Crippen LogP contribution < -0.4 is 0 Å². The molecule has 1 amide bonds. The van der Waals surface area contributed by atoms with E-state index in [0.29, 0.717) is 17.5 Å². The van der Waals surface area contributed by atoms with Crippen molar-refractivity contribution in [2.45, 2.75) is 24.4 Å². The van der Waals surface area contributed by atoms with Gasteiger partial charge in [-0.1, -0.05) is 0 Å². The molecule has 0 spiro atoms. The second-order valence-electron chi connectivity index (χ2n) is 5.56. The molecule has 1 heterocycles. The SMILES string of the molecule is O=C(N1CC2CC(C1)c1cc([N+](=O)[O-])c(O)cc12)C(F)(F)F. The zero-order valence-electron chi connectivity index (χ0n) is 11.1. The van der Waals surface area contributed by atoms with E-state index in [-0.39, 0.29) is 24.9 Å². The van der Waals surface area contributed by atoms with Crippen molar-refractivity contribution in [2.75, 3.05) is 13.1 Å². The molecule has 0 saturated carbocycles. The van der Waals surface area contributed by atoms with Gasteiger partial charge in [-0.3, -0.25) is 14.9 Å². The minimum absolute atomic E-state index is 0.0981. The van der Waals surface area contributed by atoms with E-state index < -0.39 is 28.4 Å².